The van der Waals surface area contributed by atoms with Crippen molar-refractivity contribution in [1.82, 2.24) is 10.2 Å². The molecular formula is C16H34N2O. The normalized spacial score (nSPS) is 24.6. The molecule has 114 valence electrons. The molecule has 0 spiro atoms. The molecule has 0 bridgehead atoms. The summed E-state index contributed by atoms with van der Waals surface area (Å²) < 4.78 is 5.54. The van der Waals surface area contributed by atoms with Crippen LogP contribution in [0.1, 0.15) is 53.4 Å². The Hall–Kier alpha value is -0.120. The van der Waals surface area contributed by atoms with Gasteiger partial charge in [0.05, 0.1) is 6.10 Å². The highest BCUT2D eigenvalue weighted by Gasteiger charge is 2.29. The number of hydrogen-bond donors (Lipinski definition) is 1. The highest BCUT2D eigenvalue weighted by atomic mass is 16.5. The SMILES string of the molecule is CCCC(C)(CNC(C)C)CN1CCCC(OC)C1. The molecule has 0 saturated carbocycles. The highest BCUT2D eigenvalue weighted by Crippen LogP contribution is 2.26. The van der Waals surface area contributed by atoms with Crippen molar-refractivity contribution < 1.29 is 4.74 Å². The molecule has 2 atom stereocenters. The van der Waals surface area contributed by atoms with E-state index in [-0.39, 0.29) is 0 Å². The Kier molecular flexibility index (Phi) is 7.33. The summed E-state index contributed by atoms with van der Waals surface area (Å²) in [7, 11) is 1.85. The summed E-state index contributed by atoms with van der Waals surface area (Å²) in [6.07, 6.45) is 5.50. The molecule has 0 aromatic carbocycles. The molecule has 1 rings (SSSR count). The van der Waals surface area contributed by atoms with E-state index in [2.05, 4.69) is 37.9 Å². The predicted octanol–water partition coefficient (Wildman–Crippen LogP) is 2.90. The van der Waals surface area contributed by atoms with Gasteiger partial charge in [-0.2, -0.15) is 0 Å². The summed E-state index contributed by atoms with van der Waals surface area (Å²) in [5.41, 5.74) is 0.384. The molecule has 1 saturated heterocycles. The maximum absolute atomic E-state index is 5.54. The molecule has 0 amide bonds. The Bertz CT molecular complexity index is 245. The number of likely N-dealkylation sites (tertiary alicyclic amines) is 1. The second kappa shape index (κ2) is 8.23. The molecule has 1 heterocycles. The van der Waals surface area contributed by atoms with Gasteiger partial charge >= 0.3 is 0 Å². The van der Waals surface area contributed by atoms with E-state index in [0.717, 1.165) is 13.1 Å². The van der Waals surface area contributed by atoms with Crippen molar-refractivity contribution in [2.24, 2.45) is 5.41 Å². The lowest BCUT2D eigenvalue weighted by Crippen LogP contribution is -2.48. The predicted molar refractivity (Wildman–Crippen MR) is 82.6 cm³/mol. The van der Waals surface area contributed by atoms with Crippen LogP contribution in [-0.2, 0) is 4.74 Å². The quantitative estimate of drug-likeness (QED) is 0.734. The van der Waals surface area contributed by atoms with Gasteiger partial charge in [0, 0.05) is 32.8 Å². The van der Waals surface area contributed by atoms with Gasteiger partial charge in [0.25, 0.3) is 0 Å². The van der Waals surface area contributed by atoms with E-state index in [4.69, 9.17) is 4.74 Å². The van der Waals surface area contributed by atoms with Crippen LogP contribution in [0.25, 0.3) is 0 Å². The molecule has 3 nitrogen and oxygen atoms in total. The molecule has 0 radical (unpaired) electrons. The second-order valence-corrected chi connectivity index (χ2v) is 6.83. The first-order valence-corrected chi connectivity index (χ1v) is 7.97. The highest BCUT2D eigenvalue weighted by molar-refractivity contribution is 4.84. The van der Waals surface area contributed by atoms with E-state index >= 15 is 0 Å². The minimum Gasteiger partial charge on any atom is -0.380 e. The van der Waals surface area contributed by atoms with Crippen LogP contribution in [0.3, 0.4) is 0 Å². The lowest BCUT2D eigenvalue weighted by atomic mass is 9.84. The summed E-state index contributed by atoms with van der Waals surface area (Å²) in [4.78, 5) is 2.61. The third-order valence-electron chi connectivity index (χ3n) is 4.19. The van der Waals surface area contributed by atoms with Crippen molar-refractivity contribution >= 4 is 0 Å². The van der Waals surface area contributed by atoms with Gasteiger partial charge in [0.2, 0.25) is 0 Å². The largest absolute Gasteiger partial charge is 0.380 e. The Balaban J connectivity index is 2.51. The average molecular weight is 270 g/mol. The van der Waals surface area contributed by atoms with Crippen LogP contribution in [-0.4, -0.2) is 50.3 Å². The first-order chi connectivity index (χ1) is 8.99. The van der Waals surface area contributed by atoms with Crippen molar-refractivity contribution in [1.29, 1.82) is 0 Å². The molecule has 0 aromatic rings. The van der Waals surface area contributed by atoms with E-state index in [1.165, 1.54) is 38.8 Å². The van der Waals surface area contributed by atoms with Crippen LogP contribution in [0.4, 0.5) is 0 Å². The molecule has 2 unspecified atom stereocenters. The smallest absolute Gasteiger partial charge is 0.0698 e. The molecule has 0 aromatic heterocycles. The third kappa shape index (κ3) is 6.24. The van der Waals surface area contributed by atoms with Crippen LogP contribution < -0.4 is 5.32 Å². The molecule has 1 aliphatic rings. The van der Waals surface area contributed by atoms with E-state index < -0.39 is 0 Å². The fourth-order valence-corrected chi connectivity index (χ4v) is 3.17. The number of ether oxygens (including phenoxy) is 1. The second-order valence-electron chi connectivity index (χ2n) is 6.83. The van der Waals surface area contributed by atoms with Crippen LogP contribution >= 0.6 is 0 Å². The summed E-state index contributed by atoms with van der Waals surface area (Å²) >= 11 is 0. The number of nitrogens with one attached hydrogen (secondary N) is 1. The van der Waals surface area contributed by atoms with Gasteiger partial charge in [-0.3, -0.25) is 0 Å². The lowest BCUT2D eigenvalue weighted by molar-refractivity contribution is 0.0146. The zero-order chi connectivity index (χ0) is 14.3. The number of hydrogen-bond acceptors (Lipinski definition) is 3. The van der Waals surface area contributed by atoms with Gasteiger partial charge < -0.3 is 15.0 Å². The molecule has 19 heavy (non-hydrogen) atoms. The van der Waals surface area contributed by atoms with Crippen molar-refractivity contribution in [3.8, 4) is 0 Å². The molecule has 1 aliphatic heterocycles. The van der Waals surface area contributed by atoms with Gasteiger partial charge in [-0.1, -0.05) is 34.1 Å². The van der Waals surface area contributed by atoms with Crippen molar-refractivity contribution in [3.05, 3.63) is 0 Å². The van der Waals surface area contributed by atoms with Crippen molar-refractivity contribution in [2.75, 3.05) is 33.3 Å². The topological polar surface area (TPSA) is 24.5 Å². The molecule has 1 N–H and O–H groups in total. The minimum atomic E-state index is 0.384. The zero-order valence-electron chi connectivity index (χ0n) is 13.7. The summed E-state index contributed by atoms with van der Waals surface area (Å²) in [6, 6.07) is 0.573. The molecular weight excluding hydrogens is 236 g/mol. The minimum absolute atomic E-state index is 0.384. The Morgan fingerprint density at radius 2 is 2.16 bits per heavy atom. The first kappa shape index (κ1) is 16.9. The number of methoxy groups -OCH3 is 1. The van der Waals surface area contributed by atoms with Crippen LogP contribution in [0.5, 0.6) is 0 Å². The van der Waals surface area contributed by atoms with Crippen LogP contribution in [0.2, 0.25) is 0 Å². The number of rotatable bonds is 8. The average Bonchev–Trinajstić information content (AvgIpc) is 2.37. The first-order valence-electron chi connectivity index (χ1n) is 7.97. The Labute approximate surface area is 120 Å². The number of piperidine rings is 1. The van der Waals surface area contributed by atoms with Crippen molar-refractivity contribution in [2.45, 2.75) is 65.5 Å². The van der Waals surface area contributed by atoms with E-state index in [0.29, 0.717) is 17.6 Å². The summed E-state index contributed by atoms with van der Waals surface area (Å²) in [6.45, 7) is 13.8. The zero-order valence-corrected chi connectivity index (χ0v) is 13.7. The lowest BCUT2D eigenvalue weighted by Gasteiger charge is -2.40. The monoisotopic (exact) mass is 270 g/mol. The van der Waals surface area contributed by atoms with Crippen molar-refractivity contribution in [3.63, 3.8) is 0 Å². The Morgan fingerprint density at radius 3 is 2.74 bits per heavy atom. The summed E-state index contributed by atoms with van der Waals surface area (Å²) in [5, 5.41) is 3.63. The van der Waals surface area contributed by atoms with E-state index in [9.17, 15) is 0 Å². The van der Waals surface area contributed by atoms with Gasteiger partial charge in [0.15, 0.2) is 0 Å². The molecule has 0 aliphatic carbocycles. The van der Waals surface area contributed by atoms with E-state index in [1.807, 2.05) is 7.11 Å². The number of nitrogens with zero attached hydrogens (tertiary/aromatic N) is 1. The summed E-state index contributed by atoms with van der Waals surface area (Å²) in [5.74, 6) is 0. The van der Waals surface area contributed by atoms with Gasteiger partial charge in [-0.25, -0.2) is 0 Å². The van der Waals surface area contributed by atoms with Gasteiger partial charge in [-0.15, -0.1) is 0 Å². The maximum Gasteiger partial charge on any atom is 0.0698 e. The molecule has 1 fully saturated rings. The fourth-order valence-electron chi connectivity index (χ4n) is 3.17. The van der Waals surface area contributed by atoms with E-state index in [1.54, 1.807) is 0 Å². The van der Waals surface area contributed by atoms with Crippen LogP contribution in [0, 0.1) is 5.41 Å². The maximum atomic E-state index is 5.54. The van der Waals surface area contributed by atoms with Gasteiger partial charge in [0.1, 0.15) is 0 Å². The Morgan fingerprint density at radius 1 is 1.42 bits per heavy atom. The third-order valence-corrected chi connectivity index (χ3v) is 4.19. The standard InChI is InChI=1S/C16H34N2O/c1-6-9-16(4,12-17-14(2)3)13-18-10-7-8-15(11-18)19-5/h14-15,17H,6-13H2,1-5H3. The fraction of sp³-hybridized carbons (Fsp3) is 1.00. The van der Waals surface area contributed by atoms with Crippen LogP contribution in [0.15, 0.2) is 0 Å². The van der Waals surface area contributed by atoms with Gasteiger partial charge in [-0.05, 0) is 31.2 Å². The molecule has 3 heteroatoms.